The van der Waals surface area contributed by atoms with E-state index in [0.717, 1.165) is 6.42 Å². The third kappa shape index (κ3) is 17.4. The summed E-state index contributed by atoms with van der Waals surface area (Å²) in [7, 11) is 5.01. The number of esters is 2. The number of carbonyl (C=O) groups excluding carboxylic acids is 2. The Morgan fingerprint density at radius 1 is 0.647 bits per heavy atom. The molecule has 0 saturated heterocycles. The molecule has 11 heteroatoms. The summed E-state index contributed by atoms with van der Waals surface area (Å²) >= 11 is 0. The Kier molecular flexibility index (Phi) is 19.5. The van der Waals surface area contributed by atoms with E-state index in [0.29, 0.717) is 71.8 Å². The lowest BCUT2D eigenvalue weighted by molar-refractivity contribution is -0.144. The number of nitrogens with zero attached hydrogens (tertiary/aromatic N) is 3. The fourth-order valence-electron chi connectivity index (χ4n) is 3.18. The smallest absolute Gasteiger partial charge is 0.464 e. The molecule has 0 aromatic rings. The molecule has 0 saturated carbocycles. The first kappa shape index (κ1) is 32.9. The van der Waals surface area contributed by atoms with E-state index in [1.807, 2.05) is 58.8 Å². The SMILES string of the molecule is CCO[Si](CCCN(CCC(=O)OCCN(C)C)CCC(=O)OCCN(C)C)(OCC)OCC. The highest BCUT2D eigenvalue weighted by Gasteiger charge is 2.39. The molecule has 0 heterocycles. The van der Waals surface area contributed by atoms with Crippen molar-refractivity contribution < 1.29 is 32.3 Å². The molecule has 0 aromatic heterocycles. The highest BCUT2D eigenvalue weighted by atomic mass is 28.4. The number of rotatable bonds is 22. The van der Waals surface area contributed by atoms with E-state index in [1.165, 1.54) is 0 Å². The molecule has 0 fully saturated rings. The van der Waals surface area contributed by atoms with Crippen molar-refractivity contribution in [1.29, 1.82) is 0 Å². The van der Waals surface area contributed by atoms with Gasteiger partial charge in [-0.05, 0) is 61.9 Å². The van der Waals surface area contributed by atoms with Gasteiger partial charge in [0.15, 0.2) is 0 Å². The van der Waals surface area contributed by atoms with Gasteiger partial charge in [0, 0.05) is 52.0 Å². The monoisotopic (exact) mass is 507 g/mol. The van der Waals surface area contributed by atoms with Crippen LogP contribution in [0.3, 0.4) is 0 Å². The minimum absolute atomic E-state index is 0.234. The van der Waals surface area contributed by atoms with Crippen LogP contribution in [0, 0.1) is 0 Å². The first-order chi connectivity index (χ1) is 16.2. The molecule has 0 aliphatic carbocycles. The van der Waals surface area contributed by atoms with Crippen LogP contribution in [0.2, 0.25) is 6.04 Å². The van der Waals surface area contributed by atoms with Crippen LogP contribution in [0.15, 0.2) is 0 Å². The molecule has 0 aliphatic rings. The molecular weight excluding hydrogens is 458 g/mol. The van der Waals surface area contributed by atoms with Gasteiger partial charge in [-0.2, -0.15) is 0 Å². The van der Waals surface area contributed by atoms with Crippen LogP contribution < -0.4 is 0 Å². The molecule has 0 amide bonds. The van der Waals surface area contributed by atoms with E-state index in [-0.39, 0.29) is 24.8 Å². The van der Waals surface area contributed by atoms with Gasteiger partial charge in [0.25, 0.3) is 0 Å². The molecule has 0 spiro atoms. The zero-order valence-electron chi connectivity index (χ0n) is 22.6. The van der Waals surface area contributed by atoms with Gasteiger partial charge in [-0.3, -0.25) is 9.59 Å². The van der Waals surface area contributed by atoms with Crippen molar-refractivity contribution in [2.75, 3.05) is 93.9 Å². The maximum absolute atomic E-state index is 12.1. The molecule has 0 aliphatic heterocycles. The second-order valence-corrected chi connectivity index (χ2v) is 11.2. The van der Waals surface area contributed by atoms with Crippen molar-refractivity contribution in [2.45, 2.75) is 46.1 Å². The number of ether oxygens (including phenoxy) is 2. The fraction of sp³-hybridized carbons (Fsp3) is 0.913. The molecule has 0 rings (SSSR count). The van der Waals surface area contributed by atoms with E-state index in [2.05, 4.69) is 4.90 Å². The van der Waals surface area contributed by atoms with Crippen LogP contribution in [0.5, 0.6) is 0 Å². The Morgan fingerprint density at radius 3 is 1.41 bits per heavy atom. The van der Waals surface area contributed by atoms with Gasteiger partial charge in [0.1, 0.15) is 13.2 Å². The molecule has 0 unspecified atom stereocenters. The second kappa shape index (κ2) is 20.1. The lowest BCUT2D eigenvalue weighted by Gasteiger charge is -2.29. The van der Waals surface area contributed by atoms with Gasteiger partial charge in [0.05, 0.1) is 12.8 Å². The van der Waals surface area contributed by atoms with Crippen molar-refractivity contribution >= 4 is 20.7 Å². The fourth-order valence-corrected chi connectivity index (χ4v) is 5.78. The predicted octanol–water partition coefficient (Wildman–Crippen LogP) is 1.72. The van der Waals surface area contributed by atoms with Gasteiger partial charge in [-0.25, -0.2) is 0 Å². The van der Waals surface area contributed by atoms with Crippen molar-refractivity contribution in [3.05, 3.63) is 0 Å². The largest absolute Gasteiger partial charge is 0.500 e. The average molecular weight is 508 g/mol. The van der Waals surface area contributed by atoms with Crippen molar-refractivity contribution in [3.63, 3.8) is 0 Å². The first-order valence-corrected chi connectivity index (χ1v) is 14.4. The molecule has 0 radical (unpaired) electrons. The van der Waals surface area contributed by atoms with Crippen LogP contribution in [-0.2, 0) is 32.3 Å². The maximum Gasteiger partial charge on any atom is 0.500 e. The first-order valence-electron chi connectivity index (χ1n) is 12.4. The van der Waals surface area contributed by atoms with E-state index in [9.17, 15) is 9.59 Å². The average Bonchev–Trinajstić information content (AvgIpc) is 2.75. The van der Waals surface area contributed by atoms with Gasteiger partial charge in [0.2, 0.25) is 0 Å². The standard InChI is InChI=1S/C23H49N3O7Si/c1-8-31-34(32-9-2,33-10-3)21-11-14-26(15-12-22(27)29-19-17-24(4)5)16-13-23(28)30-20-18-25(6)7/h8-21H2,1-7H3. The third-order valence-corrected chi connectivity index (χ3v) is 8.07. The summed E-state index contributed by atoms with van der Waals surface area (Å²) in [6.45, 7) is 11.3. The zero-order chi connectivity index (χ0) is 25.8. The van der Waals surface area contributed by atoms with E-state index >= 15 is 0 Å². The van der Waals surface area contributed by atoms with Crippen LogP contribution in [0.25, 0.3) is 0 Å². The highest BCUT2D eigenvalue weighted by Crippen LogP contribution is 2.18. The van der Waals surface area contributed by atoms with E-state index in [4.69, 9.17) is 22.8 Å². The predicted molar refractivity (Wildman–Crippen MR) is 135 cm³/mol. The molecule has 0 bridgehead atoms. The summed E-state index contributed by atoms with van der Waals surface area (Å²) in [4.78, 5) is 30.3. The Morgan fingerprint density at radius 2 is 1.06 bits per heavy atom. The number of hydrogen-bond acceptors (Lipinski definition) is 10. The van der Waals surface area contributed by atoms with Crippen molar-refractivity contribution in [1.82, 2.24) is 14.7 Å². The summed E-state index contributed by atoms with van der Waals surface area (Å²) in [6, 6.07) is 0.680. The summed E-state index contributed by atoms with van der Waals surface area (Å²) < 4.78 is 28.4. The topological polar surface area (TPSA) is 90.0 Å². The lowest BCUT2D eigenvalue weighted by Crippen LogP contribution is -2.46. The van der Waals surface area contributed by atoms with Gasteiger partial charge in [-0.1, -0.05) is 0 Å². The Bertz CT molecular complexity index is 492. The molecule has 34 heavy (non-hydrogen) atoms. The number of hydrogen-bond donors (Lipinski definition) is 0. The molecular formula is C23H49N3O7Si. The summed E-state index contributed by atoms with van der Waals surface area (Å²) in [6.07, 6.45) is 1.32. The Balaban J connectivity index is 4.83. The van der Waals surface area contributed by atoms with E-state index in [1.54, 1.807) is 0 Å². The molecule has 0 aromatic carbocycles. The maximum atomic E-state index is 12.1. The summed E-state index contributed by atoms with van der Waals surface area (Å²) in [5, 5.41) is 0. The van der Waals surface area contributed by atoms with Gasteiger partial charge >= 0.3 is 20.7 Å². The Hall–Kier alpha value is -1.08. The van der Waals surface area contributed by atoms with Crippen LogP contribution in [-0.4, -0.2) is 129 Å². The minimum atomic E-state index is -2.73. The lowest BCUT2D eigenvalue weighted by atomic mass is 10.3. The van der Waals surface area contributed by atoms with Crippen LogP contribution in [0.4, 0.5) is 0 Å². The minimum Gasteiger partial charge on any atom is -0.464 e. The summed E-state index contributed by atoms with van der Waals surface area (Å²) in [5.74, 6) is -0.468. The van der Waals surface area contributed by atoms with Crippen molar-refractivity contribution in [3.8, 4) is 0 Å². The van der Waals surface area contributed by atoms with Crippen molar-refractivity contribution in [2.24, 2.45) is 0 Å². The normalized spacial score (nSPS) is 12.1. The zero-order valence-corrected chi connectivity index (χ0v) is 23.6. The molecule has 10 nitrogen and oxygen atoms in total. The van der Waals surface area contributed by atoms with E-state index < -0.39 is 8.80 Å². The van der Waals surface area contributed by atoms with Gasteiger partial charge in [-0.15, -0.1) is 0 Å². The van der Waals surface area contributed by atoms with Crippen LogP contribution >= 0.6 is 0 Å². The molecule has 202 valence electrons. The van der Waals surface area contributed by atoms with Gasteiger partial charge < -0.3 is 37.5 Å². The Labute approximate surface area is 208 Å². The number of likely N-dealkylation sites (N-methyl/N-ethyl adjacent to an activating group) is 2. The van der Waals surface area contributed by atoms with Crippen LogP contribution in [0.1, 0.15) is 40.0 Å². The molecule has 0 atom stereocenters. The molecule has 0 N–H and O–H groups in total. The third-order valence-electron chi connectivity index (χ3n) is 4.92. The summed E-state index contributed by atoms with van der Waals surface area (Å²) in [5.41, 5.74) is 0. The quantitative estimate of drug-likeness (QED) is 0.159. The highest BCUT2D eigenvalue weighted by molar-refractivity contribution is 6.60. The second-order valence-electron chi connectivity index (χ2n) is 8.47. The number of carbonyl (C=O) groups is 2.